The summed E-state index contributed by atoms with van der Waals surface area (Å²) in [5, 5.41) is 8.73. The van der Waals surface area contributed by atoms with E-state index in [4.69, 9.17) is 10.8 Å². The Labute approximate surface area is 117 Å². The minimum atomic E-state index is -2.41. The molecule has 0 spiro atoms. The van der Waals surface area contributed by atoms with Crippen molar-refractivity contribution in [2.24, 2.45) is 5.73 Å². The predicted octanol–water partition coefficient (Wildman–Crippen LogP) is 3.22. The Hall–Kier alpha value is -1.01. The van der Waals surface area contributed by atoms with Crippen molar-refractivity contribution in [3.8, 4) is 0 Å². The van der Waals surface area contributed by atoms with Gasteiger partial charge in [0, 0.05) is 10.5 Å². The van der Waals surface area contributed by atoms with Crippen LogP contribution in [0.3, 0.4) is 0 Å². The second kappa shape index (κ2) is 5.17. The van der Waals surface area contributed by atoms with Crippen LogP contribution in [0.5, 0.6) is 0 Å². The second-order valence-corrected chi connectivity index (χ2v) is 5.85. The summed E-state index contributed by atoms with van der Waals surface area (Å²) in [6.45, 7) is 0. The van der Waals surface area contributed by atoms with Crippen molar-refractivity contribution in [3.63, 3.8) is 0 Å². The van der Waals surface area contributed by atoms with Crippen LogP contribution in [0, 0.1) is 0 Å². The molecule has 1 aliphatic carbocycles. The number of aliphatic carboxylic acids is 1. The molecule has 1 aromatic carbocycles. The van der Waals surface area contributed by atoms with Crippen LogP contribution in [0.15, 0.2) is 22.7 Å². The highest BCUT2D eigenvalue weighted by molar-refractivity contribution is 9.10. The number of carboxylic acid groups (broad SMARTS) is 1. The molecule has 1 aromatic rings. The molecule has 0 bridgehead atoms. The monoisotopic (exact) mass is 333 g/mol. The normalized spacial score (nSPS) is 18.4. The fourth-order valence-corrected chi connectivity index (χ4v) is 2.70. The summed E-state index contributed by atoms with van der Waals surface area (Å²) in [6, 6.07) is 4.26. The Bertz CT molecular complexity index is 503. The molecule has 0 radical (unpaired) electrons. The Balaban J connectivity index is 2.33. The second-order valence-electron chi connectivity index (χ2n) is 4.93. The number of halogens is 3. The Kier molecular flexibility index (Phi) is 3.92. The predicted molar refractivity (Wildman–Crippen MR) is 70.2 cm³/mol. The summed E-state index contributed by atoms with van der Waals surface area (Å²) < 4.78 is 26.8. The van der Waals surface area contributed by atoms with Crippen molar-refractivity contribution in [2.75, 3.05) is 0 Å². The Morgan fingerprint density at radius 1 is 1.42 bits per heavy atom. The Morgan fingerprint density at radius 2 is 2.05 bits per heavy atom. The molecule has 2 rings (SSSR count). The first-order chi connectivity index (χ1) is 8.85. The largest absolute Gasteiger partial charge is 0.481 e. The lowest BCUT2D eigenvalue weighted by molar-refractivity contribution is -0.137. The van der Waals surface area contributed by atoms with Gasteiger partial charge in [-0.1, -0.05) is 22.0 Å². The molecule has 3 nitrogen and oxygen atoms in total. The molecule has 0 aromatic heterocycles. The maximum Gasteiger partial charge on any atom is 0.305 e. The van der Waals surface area contributed by atoms with Gasteiger partial charge in [-0.3, -0.25) is 4.79 Å². The molecule has 0 amide bonds. The molecule has 0 unspecified atom stereocenters. The molecular weight excluding hydrogens is 320 g/mol. The fraction of sp³-hybridized carbons (Fsp3) is 0.462. The van der Waals surface area contributed by atoms with Crippen LogP contribution in [-0.4, -0.2) is 17.5 Å². The molecular formula is C13H14BrF2NO2. The van der Waals surface area contributed by atoms with E-state index in [0.29, 0.717) is 28.4 Å². The quantitative estimate of drug-likeness (QED) is 0.869. The number of hydrogen-bond acceptors (Lipinski definition) is 2. The highest BCUT2D eigenvalue weighted by Crippen LogP contribution is 2.53. The first-order valence-electron chi connectivity index (χ1n) is 5.91. The number of hydrogen-bond donors (Lipinski definition) is 2. The number of benzene rings is 1. The van der Waals surface area contributed by atoms with Crippen LogP contribution < -0.4 is 5.73 Å². The van der Waals surface area contributed by atoms with E-state index < -0.39 is 23.9 Å². The van der Waals surface area contributed by atoms with Gasteiger partial charge in [-0.05, 0) is 36.1 Å². The van der Waals surface area contributed by atoms with E-state index >= 15 is 0 Å². The molecule has 1 aliphatic rings. The van der Waals surface area contributed by atoms with Crippen LogP contribution >= 0.6 is 15.9 Å². The van der Waals surface area contributed by atoms with Gasteiger partial charge in [-0.2, -0.15) is 0 Å². The van der Waals surface area contributed by atoms with Crippen molar-refractivity contribution >= 4 is 21.9 Å². The van der Waals surface area contributed by atoms with Crippen LogP contribution in [0.4, 0.5) is 8.78 Å². The summed E-state index contributed by atoms with van der Waals surface area (Å²) in [4.78, 5) is 10.7. The molecule has 3 N–H and O–H groups in total. The number of carboxylic acids is 1. The zero-order chi connectivity index (χ0) is 14.2. The molecule has 104 valence electrons. The summed E-state index contributed by atoms with van der Waals surface area (Å²) in [5.74, 6) is -1.01. The molecule has 1 saturated carbocycles. The van der Waals surface area contributed by atoms with Gasteiger partial charge in [0.05, 0.1) is 11.8 Å². The highest BCUT2D eigenvalue weighted by atomic mass is 79.9. The Morgan fingerprint density at radius 3 is 2.53 bits per heavy atom. The van der Waals surface area contributed by atoms with E-state index in [1.54, 1.807) is 18.2 Å². The lowest BCUT2D eigenvalue weighted by Crippen LogP contribution is -2.20. The van der Waals surface area contributed by atoms with Gasteiger partial charge in [0.25, 0.3) is 0 Å². The first-order valence-corrected chi connectivity index (χ1v) is 6.71. The number of rotatable bonds is 5. The lowest BCUT2D eigenvalue weighted by atomic mass is 9.92. The van der Waals surface area contributed by atoms with Crippen LogP contribution in [0.1, 0.15) is 36.4 Å². The fourth-order valence-electron chi connectivity index (χ4n) is 2.19. The topological polar surface area (TPSA) is 63.3 Å². The zero-order valence-corrected chi connectivity index (χ0v) is 11.7. The molecule has 1 atom stereocenters. The third-order valence-electron chi connectivity index (χ3n) is 3.52. The average molecular weight is 334 g/mol. The van der Waals surface area contributed by atoms with Gasteiger partial charge in [-0.15, -0.1) is 0 Å². The molecule has 19 heavy (non-hydrogen) atoms. The minimum absolute atomic E-state index is 0.225. The van der Waals surface area contributed by atoms with Crippen LogP contribution in [0.25, 0.3) is 0 Å². The third kappa shape index (κ3) is 2.95. The number of nitrogens with two attached hydrogens (primary N) is 1. The van der Waals surface area contributed by atoms with E-state index in [1.807, 2.05) is 0 Å². The smallest absolute Gasteiger partial charge is 0.305 e. The first kappa shape index (κ1) is 14.4. The van der Waals surface area contributed by atoms with E-state index in [9.17, 15) is 13.6 Å². The van der Waals surface area contributed by atoms with Gasteiger partial charge in [0.15, 0.2) is 0 Å². The van der Waals surface area contributed by atoms with Crippen molar-refractivity contribution in [3.05, 3.63) is 33.8 Å². The molecule has 0 saturated heterocycles. The van der Waals surface area contributed by atoms with Gasteiger partial charge in [0.2, 0.25) is 6.43 Å². The average Bonchev–Trinajstić information content (AvgIpc) is 3.08. The molecule has 0 aliphatic heterocycles. The summed E-state index contributed by atoms with van der Waals surface area (Å²) in [6.07, 6.45) is -1.73. The zero-order valence-electron chi connectivity index (χ0n) is 10.1. The summed E-state index contributed by atoms with van der Waals surface area (Å²) >= 11 is 3.27. The molecule has 6 heteroatoms. The minimum Gasteiger partial charge on any atom is -0.481 e. The van der Waals surface area contributed by atoms with E-state index in [0.717, 1.165) is 0 Å². The third-order valence-corrected chi connectivity index (χ3v) is 3.98. The van der Waals surface area contributed by atoms with Crippen LogP contribution in [-0.2, 0) is 10.2 Å². The van der Waals surface area contributed by atoms with E-state index in [-0.39, 0.29) is 6.42 Å². The maximum absolute atomic E-state index is 13.1. The van der Waals surface area contributed by atoms with Crippen molar-refractivity contribution in [1.82, 2.24) is 0 Å². The summed E-state index contributed by atoms with van der Waals surface area (Å²) in [5.41, 5.74) is 5.82. The molecule has 0 heterocycles. The molecule has 1 fully saturated rings. The van der Waals surface area contributed by atoms with Crippen molar-refractivity contribution in [2.45, 2.75) is 37.1 Å². The van der Waals surface area contributed by atoms with Gasteiger partial charge in [-0.25, -0.2) is 8.78 Å². The van der Waals surface area contributed by atoms with Crippen LogP contribution in [0.2, 0.25) is 0 Å². The SMILES string of the molecule is N[C@@H](CC(=O)O)c1cc(Br)cc(C2(C(F)F)CC2)c1. The van der Waals surface area contributed by atoms with E-state index in [1.165, 1.54) is 0 Å². The highest BCUT2D eigenvalue weighted by Gasteiger charge is 2.52. The van der Waals surface area contributed by atoms with E-state index in [2.05, 4.69) is 15.9 Å². The lowest BCUT2D eigenvalue weighted by Gasteiger charge is -2.18. The standard InChI is InChI=1S/C13H14BrF2NO2/c14-9-4-7(10(17)6-11(18)19)3-8(5-9)13(1-2-13)12(15)16/h3-5,10,12H,1-2,6,17H2,(H,18,19)/t10-/m0/s1. The van der Waals surface area contributed by atoms with Crippen molar-refractivity contribution in [1.29, 1.82) is 0 Å². The van der Waals surface area contributed by atoms with Gasteiger partial charge < -0.3 is 10.8 Å². The van der Waals surface area contributed by atoms with Gasteiger partial charge >= 0.3 is 5.97 Å². The van der Waals surface area contributed by atoms with Crippen molar-refractivity contribution < 1.29 is 18.7 Å². The summed E-state index contributed by atoms with van der Waals surface area (Å²) in [7, 11) is 0. The number of carbonyl (C=O) groups is 1. The van der Waals surface area contributed by atoms with Gasteiger partial charge in [0.1, 0.15) is 0 Å². The maximum atomic E-state index is 13.1. The number of alkyl halides is 2.